The van der Waals surface area contributed by atoms with Gasteiger partial charge in [-0.1, -0.05) is 18.3 Å². The number of halogens is 3. The second-order valence-corrected chi connectivity index (χ2v) is 4.90. The number of nitrogens with zero attached hydrogens (tertiary/aromatic N) is 3. The minimum Gasteiger partial charge on any atom is -0.322 e. The van der Waals surface area contributed by atoms with Gasteiger partial charge in [0.15, 0.2) is 5.01 Å². The van der Waals surface area contributed by atoms with Crippen molar-refractivity contribution in [1.29, 1.82) is 0 Å². The van der Waals surface area contributed by atoms with Crippen LogP contribution in [0.1, 0.15) is 30.0 Å². The normalized spacial score (nSPS) is 13.5. The second-order valence-electron chi connectivity index (χ2n) is 3.89. The van der Waals surface area contributed by atoms with E-state index in [2.05, 4.69) is 15.2 Å². The molecule has 19 heavy (non-hydrogen) atoms. The van der Waals surface area contributed by atoms with Crippen LogP contribution in [-0.4, -0.2) is 15.2 Å². The van der Waals surface area contributed by atoms with Crippen LogP contribution in [0.25, 0.3) is 10.7 Å². The van der Waals surface area contributed by atoms with Crippen molar-refractivity contribution >= 4 is 11.3 Å². The predicted molar refractivity (Wildman–Crippen MR) is 65.4 cm³/mol. The fourth-order valence-corrected chi connectivity index (χ4v) is 2.26. The lowest BCUT2D eigenvalue weighted by molar-refractivity contribution is -0.137. The van der Waals surface area contributed by atoms with Crippen LogP contribution in [0.3, 0.4) is 0 Å². The molecule has 0 aromatic carbocycles. The molecule has 0 aliphatic rings. The molecule has 2 rings (SSSR count). The lowest BCUT2D eigenvalue weighted by Crippen LogP contribution is -2.07. The minimum absolute atomic E-state index is 0.208. The summed E-state index contributed by atoms with van der Waals surface area (Å²) in [6, 6.07) is 2.05. The van der Waals surface area contributed by atoms with Gasteiger partial charge in [0, 0.05) is 6.20 Å². The van der Waals surface area contributed by atoms with Gasteiger partial charge in [-0.3, -0.25) is 4.98 Å². The molecule has 8 heteroatoms. The van der Waals surface area contributed by atoms with E-state index in [0.717, 1.165) is 18.7 Å². The molecule has 1 atom stereocenters. The van der Waals surface area contributed by atoms with E-state index in [1.165, 1.54) is 17.4 Å². The van der Waals surface area contributed by atoms with Crippen molar-refractivity contribution in [2.24, 2.45) is 5.73 Å². The van der Waals surface area contributed by atoms with E-state index in [4.69, 9.17) is 5.73 Å². The average Bonchev–Trinajstić information content (AvgIpc) is 2.86. The third kappa shape index (κ3) is 3.07. The van der Waals surface area contributed by atoms with Crippen molar-refractivity contribution < 1.29 is 13.2 Å². The molecule has 0 amide bonds. The predicted octanol–water partition coefficient (Wildman–Crippen LogP) is 3.03. The summed E-state index contributed by atoms with van der Waals surface area (Å²) in [5.41, 5.74) is 5.38. The molecule has 0 radical (unpaired) electrons. The Hall–Kier alpha value is -1.54. The van der Waals surface area contributed by atoms with Crippen LogP contribution < -0.4 is 5.73 Å². The smallest absolute Gasteiger partial charge is 0.322 e. The Bertz CT molecular complexity index is 550. The highest BCUT2D eigenvalue weighted by Crippen LogP contribution is 2.31. The van der Waals surface area contributed by atoms with Crippen LogP contribution in [-0.2, 0) is 6.18 Å². The van der Waals surface area contributed by atoms with Crippen molar-refractivity contribution in [3.8, 4) is 10.7 Å². The van der Waals surface area contributed by atoms with Crippen LogP contribution >= 0.6 is 11.3 Å². The third-order valence-corrected chi connectivity index (χ3v) is 3.59. The highest BCUT2D eigenvalue weighted by Gasteiger charge is 2.30. The summed E-state index contributed by atoms with van der Waals surface area (Å²) in [6.07, 6.45) is -2.88. The van der Waals surface area contributed by atoms with E-state index < -0.39 is 11.7 Å². The maximum atomic E-state index is 12.4. The summed E-state index contributed by atoms with van der Waals surface area (Å²) in [5.74, 6) is 0. The molecule has 0 spiro atoms. The molecule has 2 aromatic heterocycles. The van der Waals surface area contributed by atoms with E-state index in [-0.39, 0.29) is 6.04 Å². The molecule has 0 aliphatic heterocycles. The van der Waals surface area contributed by atoms with Crippen molar-refractivity contribution in [3.05, 3.63) is 28.9 Å². The minimum atomic E-state index is -4.39. The van der Waals surface area contributed by atoms with Gasteiger partial charge in [-0.15, -0.1) is 10.2 Å². The lowest BCUT2D eigenvalue weighted by Gasteiger charge is -2.05. The van der Waals surface area contributed by atoms with Crippen LogP contribution in [0, 0.1) is 0 Å². The first-order valence-electron chi connectivity index (χ1n) is 5.54. The molecule has 0 saturated heterocycles. The van der Waals surface area contributed by atoms with Crippen molar-refractivity contribution in [3.63, 3.8) is 0 Å². The van der Waals surface area contributed by atoms with E-state index >= 15 is 0 Å². The van der Waals surface area contributed by atoms with E-state index in [1.54, 1.807) is 0 Å². The highest BCUT2D eigenvalue weighted by atomic mass is 32.1. The number of hydrogen-bond acceptors (Lipinski definition) is 5. The van der Waals surface area contributed by atoms with E-state index in [1.807, 2.05) is 6.92 Å². The zero-order valence-corrected chi connectivity index (χ0v) is 10.8. The molecule has 0 fully saturated rings. The Morgan fingerprint density at radius 3 is 2.58 bits per heavy atom. The number of pyridine rings is 1. The SMILES string of the molecule is CCC(N)c1nnc(-c2ccc(C(F)(F)F)cn2)s1. The van der Waals surface area contributed by atoms with Crippen molar-refractivity contribution in [2.75, 3.05) is 0 Å². The molecule has 0 aliphatic carbocycles. The number of alkyl halides is 3. The first kappa shape index (κ1) is 13.9. The Morgan fingerprint density at radius 1 is 1.32 bits per heavy atom. The zero-order valence-electron chi connectivity index (χ0n) is 9.98. The van der Waals surface area contributed by atoms with E-state index in [0.29, 0.717) is 15.7 Å². The molecule has 0 saturated carbocycles. The maximum absolute atomic E-state index is 12.4. The second kappa shape index (κ2) is 5.22. The highest BCUT2D eigenvalue weighted by molar-refractivity contribution is 7.14. The summed E-state index contributed by atoms with van der Waals surface area (Å²) in [4.78, 5) is 3.76. The molecule has 2 heterocycles. The van der Waals surface area contributed by atoms with Gasteiger partial charge in [-0.2, -0.15) is 13.2 Å². The number of nitrogens with two attached hydrogens (primary N) is 1. The molecule has 4 nitrogen and oxygen atoms in total. The van der Waals surface area contributed by atoms with Gasteiger partial charge in [0.2, 0.25) is 0 Å². The van der Waals surface area contributed by atoms with Gasteiger partial charge in [0.1, 0.15) is 10.7 Å². The number of rotatable bonds is 3. The van der Waals surface area contributed by atoms with Crippen LogP contribution in [0.15, 0.2) is 18.3 Å². The molecule has 102 valence electrons. The standard InChI is InChI=1S/C11H11F3N4S/c1-2-7(15)9-17-18-10(19-9)8-4-3-6(5-16-8)11(12,13)14/h3-5,7H,2,15H2,1H3. The first-order valence-corrected chi connectivity index (χ1v) is 6.36. The largest absolute Gasteiger partial charge is 0.417 e. The van der Waals surface area contributed by atoms with Crippen LogP contribution in [0.2, 0.25) is 0 Å². The quantitative estimate of drug-likeness (QED) is 0.942. The van der Waals surface area contributed by atoms with Gasteiger partial charge >= 0.3 is 6.18 Å². The monoisotopic (exact) mass is 288 g/mol. The lowest BCUT2D eigenvalue weighted by atomic mass is 10.2. The number of aromatic nitrogens is 3. The van der Waals surface area contributed by atoms with Crippen LogP contribution in [0.4, 0.5) is 13.2 Å². The third-order valence-electron chi connectivity index (χ3n) is 2.51. The molecular weight excluding hydrogens is 277 g/mol. The maximum Gasteiger partial charge on any atom is 0.417 e. The zero-order chi connectivity index (χ0) is 14.0. The van der Waals surface area contributed by atoms with Crippen molar-refractivity contribution in [1.82, 2.24) is 15.2 Å². The Balaban J connectivity index is 2.25. The Labute approximate surface area is 111 Å². The molecule has 2 N–H and O–H groups in total. The van der Waals surface area contributed by atoms with Crippen molar-refractivity contribution in [2.45, 2.75) is 25.6 Å². The van der Waals surface area contributed by atoms with Gasteiger partial charge < -0.3 is 5.73 Å². The van der Waals surface area contributed by atoms with Gasteiger partial charge in [-0.25, -0.2) is 0 Å². The average molecular weight is 288 g/mol. The van der Waals surface area contributed by atoms with Crippen LogP contribution in [0.5, 0.6) is 0 Å². The topological polar surface area (TPSA) is 64.7 Å². The number of hydrogen-bond donors (Lipinski definition) is 1. The summed E-state index contributed by atoms with van der Waals surface area (Å²) in [6.45, 7) is 1.92. The molecule has 2 aromatic rings. The Kier molecular flexibility index (Phi) is 3.81. The van der Waals surface area contributed by atoms with Gasteiger partial charge in [0.25, 0.3) is 0 Å². The first-order chi connectivity index (χ1) is 8.91. The van der Waals surface area contributed by atoms with Gasteiger partial charge in [0.05, 0.1) is 11.6 Å². The fraction of sp³-hybridized carbons (Fsp3) is 0.364. The van der Waals surface area contributed by atoms with E-state index in [9.17, 15) is 13.2 Å². The summed E-state index contributed by atoms with van der Waals surface area (Å²) in [7, 11) is 0. The molecule has 0 bridgehead atoms. The summed E-state index contributed by atoms with van der Waals surface area (Å²) >= 11 is 1.24. The molecular formula is C11H11F3N4S. The summed E-state index contributed by atoms with van der Waals surface area (Å²) < 4.78 is 37.2. The fourth-order valence-electron chi connectivity index (χ4n) is 1.35. The van der Waals surface area contributed by atoms with Gasteiger partial charge in [-0.05, 0) is 18.6 Å². The Morgan fingerprint density at radius 2 is 2.05 bits per heavy atom. The molecule has 1 unspecified atom stereocenters. The summed E-state index contributed by atoms with van der Waals surface area (Å²) in [5, 5.41) is 8.93.